The summed E-state index contributed by atoms with van der Waals surface area (Å²) in [5.74, 6) is 0.0457. The highest BCUT2D eigenvalue weighted by Crippen LogP contribution is 2.10. The quantitative estimate of drug-likeness (QED) is 0.853. The van der Waals surface area contributed by atoms with Crippen LogP contribution >= 0.6 is 24.0 Å². The van der Waals surface area contributed by atoms with E-state index in [2.05, 4.69) is 10.6 Å². The molecule has 0 fully saturated rings. The van der Waals surface area contributed by atoms with E-state index in [4.69, 9.17) is 11.6 Å². The summed E-state index contributed by atoms with van der Waals surface area (Å²) in [7, 11) is 1.82. The predicted molar refractivity (Wildman–Crippen MR) is 69.1 cm³/mol. The van der Waals surface area contributed by atoms with Crippen LogP contribution in [-0.4, -0.2) is 19.5 Å². The van der Waals surface area contributed by atoms with Crippen LogP contribution in [0.5, 0.6) is 0 Å². The van der Waals surface area contributed by atoms with Gasteiger partial charge in [-0.25, -0.2) is 0 Å². The van der Waals surface area contributed by atoms with Gasteiger partial charge in [-0.05, 0) is 24.7 Å². The summed E-state index contributed by atoms with van der Waals surface area (Å²) in [5.41, 5.74) is 1.01. The number of hydrogen-bond donors (Lipinski definition) is 2. The van der Waals surface area contributed by atoms with Crippen LogP contribution in [-0.2, 0) is 11.3 Å². The molecular weight excluding hydrogens is 247 g/mol. The molecule has 16 heavy (non-hydrogen) atoms. The Bertz CT molecular complexity index is 332. The van der Waals surface area contributed by atoms with Crippen molar-refractivity contribution in [3.63, 3.8) is 0 Å². The Morgan fingerprint density at radius 2 is 2.19 bits per heavy atom. The number of nitrogens with one attached hydrogen (secondary N) is 2. The van der Waals surface area contributed by atoms with E-state index in [1.54, 1.807) is 0 Å². The van der Waals surface area contributed by atoms with Crippen LogP contribution in [0.25, 0.3) is 0 Å². The summed E-state index contributed by atoms with van der Waals surface area (Å²) in [6.45, 7) is 1.23. The van der Waals surface area contributed by atoms with Gasteiger partial charge in [-0.3, -0.25) is 4.79 Å². The summed E-state index contributed by atoms with van der Waals surface area (Å²) in [6, 6.07) is 7.47. The third kappa shape index (κ3) is 5.95. The van der Waals surface area contributed by atoms with Gasteiger partial charge in [0.1, 0.15) is 0 Å². The van der Waals surface area contributed by atoms with E-state index < -0.39 is 0 Å². The zero-order valence-corrected chi connectivity index (χ0v) is 10.7. The standard InChI is InChI=1S/C11H15ClN2O.ClH/c1-13-6-5-11(15)14-8-9-3-2-4-10(12)7-9;/h2-4,7,13H,5-6,8H2,1H3,(H,14,15);1H. The van der Waals surface area contributed by atoms with Gasteiger partial charge in [0.2, 0.25) is 5.91 Å². The zero-order chi connectivity index (χ0) is 11.1. The second-order valence-corrected chi connectivity index (χ2v) is 3.70. The molecule has 1 rings (SSSR count). The van der Waals surface area contributed by atoms with Crippen molar-refractivity contribution in [3.8, 4) is 0 Å². The van der Waals surface area contributed by atoms with Crippen LogP contribution in [0.1, 0.15) is 12.0 Å². The molecule has 0 atom stereocenters. The van der Waals surface area contributed by atoms with Gasteiger partial charge in [-0.2, -0.15) is 0 Å². The van der Waals surface area contributed by atoms with Gasteiger partial charge < -0.3 is 10.6 Å². The second kappa shape index (κ2) is 8.39. The van der Waals surface area contributed by atoms with E-state index in [0.29, 0.717) is 24.5 Å². The maximum absolute atomic E-state index is 11.3. The minimum atomic E-state index is 0. The first-order valence-corrected chi connectivity index (χ1v) is 5.26. The van der Waals surface area contributed by atoms with Crippen LogP contribution in [0.15, 0.2) is 24.3 Å². The van der Waals surface area contributed by atoms with Gasteiger partial charge in [-0.1, -0.05) is 23.7 Å². The van der Waals surface area contributed by atoms with Crippen molar-refractivity contribution in [1.29, 1.82) is 0 Å². The van der Waals surface area contributed by atoms with Crippen molar-refractivity contribution in [3.05, 3.63) is 34.9 Å². The first-order valence-electron chi connectivity index (χ1n) is 4.88. The van der Waals surface area contributed by atoms with Crippen molar-refractivity contribution in [2.24, 2.45) is 0 Å². The number of benzene rings is 1. The molecule has 1 aromatic carbocycles. The van der Waals surface area contributed by atoms with Gasteiger partial charge in [0.25, 0.3) is 0 Å². The molecule has 90 valence electrons. The maximum atomic E-state index is 11.3. The molecule has 0 radical (unpaired) electrons. The van der Waals surface area contributed by atoms with E-state index in [-0.39, 0.29) is 18.3 Å². The van der Waals surface area contributed by atoms with Crippen LogP contribution in [0.4, 0.5) is 0 Å². The van der Waals surface area contributed by atoms with Crippen molar-refractivity contribution in [1.82, 2.24) is 10.6 Å². The monoisotopic (exact) mass is 262 g/mol. The van der Waals surface area contributed by atoms with Crippen LogP contribution in [0, 0.1) is 0 Å². The normalized spacial score (nSPS) is 9.38. The van der Waals surface area contributed by atoms with Gasteiger partial charge in [-0.15, -0.1) is 12.4 Å². The molecule has 0 unspecified atom stereocenters. The van der Waals surface area contributed by atoms with Crippen LogP contribution in [0.2, 0.25) is 5.02 Å². The molecule has 0 aromatic heterocycles. The Morgan fingerprint density at radius 3 is 2.81 bits per heavy atom. The lowest BCUT2D eigenvalue weighted by Crippen LogP contribution is -2.26. The molecule has 0 bridgehead atoms. The van der Waals surface area contributed by atoms with E-state index in [0.717, 1.165) is 5.56 Å². The summed E-state index contributed by atoms with van der Waals surface area (Å²) >= 11 is 5.82. The predicted octanol–water partition coefficient (Wildman–Crippen LogP) is 1.99. The van der Waals surface area contributed by atoms with Crippen molar-refractivity contribution in [2.75, 3.05) is 13.6 Å². The van der Waals surface area contributed by atoms with Crippen molar-refractivity contribution in [2.45, 2.75) is 13.0 Å². The van der Waals surface area contributed by atoms with Crippen LogP contribution in [0.3, 0.4) is 0 Å². The number of halogens is 2. The van der Waals surface area contributed by atoms with E-state index in [1.807, 2.05) is 31.3 Å². The Balaban J connectivity index is 0.00000225. The third-order valence-electron chi connectivity index (χ3n) is 1.98. The molecule has 0 aliphatic rings. The lowest BCUT2D eigenvalue weighted by atomic mass is 10.2. The van der Waals surface area contributed by atoms with Crippen LogP contribution < -0.4 is 10.6 Å². The second-order valence-electron chi connectivity index (χ2n) is 3.26. The summed E-state index contributed by atoms with van der Waals surface area (Å²) in [6.07, 6.45) is 0.497. The van der Waals surface area contributed by atoms with E-state index in [1.165, 1.54) is 0 Å². The molecule has 0 saturated carbocycles. The molecule has 0 aliphatic carbocycles. The molecule has 0 spiro atoms. The molecule has 1 aromatic rings. The van der Waals surface area contributed by atoms with Gasteiger partial charge in [0.15, 0.2) is 0 Å². The molecule has 5 heteroatoms. The molecule has 3 nitrogen and oxygen atoms in total. The molecule has 0 saturated heterocycles. The highest BCUT2D eigenvalue weighted by Gasteiger charge is 2.00. The largest absolute Gasteiger partial charge is 0.352 e. The number of carbonyl (C=O) groups excluding carboxylic acids is 1. The van der Waals surface area contributed by atoms with E-state index in [9.17, 15) is 4.79 Å². The molecule has 1 amide bonds. The smallest absolute Gasteiger partial charge is 0.221 e. The Kier molecular flexibility index (Phi) is 7.99. The van der Waals surface area contributed by atoms with Gasteiger partial charge in [0, 0.05) is 24.5 Å². The van der Waals surface area contributed by atoms with Crippen molar-refractivity contribution >= 4 is 29.9 Å². The summed E-state index contributed by atoms with van der Waals surface area (Å²) in [4.78, 5) is 11.3. The highest BCUT2D eigenvalue weighted by atomic mass is 35.5. The molecule has 2 N–H and O–H groups in total. The molecule has 0 heterocycles. The third-order valence-corrected chi connectivity index (χ3v) is 2.22. The molecular formula is C11H16Cl2N2O. The topological polar surface area (TPSA) is 41.1 Å². The van der Waals surface area contributed by atoms with Crippen molar-refractivity contribution < 1.29 is 4.79 Å². The first-order chi connectivity index (χ1) is 7.22. The van der Waals surface area contributed by atoms with Gasteiger partial charge >= 0.3 is 0 Å². The Hall–Kier alpha value is -0.770. The number of hydrogen-bond acceptors (Lipinski definition) is 2. The summed E-state index contributed by atoms with van der Waals surface area (Å²) in [5, 5.41) is 6.44. The van der Waals surface area contributed by atoms with Gasteiger partial charge in [0.05, 0.1) is 0 Å². The number of carbonyl (C=O) groups is 1. The fourth-order valence-corrected chi connectivity index (χ4v) is 1.39. The fourth-order valence-electron chi connectivity index (χ4n) is 1.17. The Morgan fingerprint density at radius 1 is 1.44 bits per heavy atom. The maximum Gasteiger partial charge on any atom is 0.221 e. The summed E-state index contributed by atoms with van der Waals surface area (Å²) < 4.78 is 0. The minimum Gasteiger partial charge on any atom is -0.352 e. The number of amides is 1. The average Bonchev–Trinajstić information content (AvgIpc) is 2.23. The Labute approximate surface area is 107 Å². The van der Waals surface area contributed by atoms with E-state index >= 15 is 0 Å². The lowest BCUT2D eigenvalue weighted by molar-refractivity contribution is -0.121. The number of rotatable bonds is 5. The zero-order valence-electron chi connectivity index (χ0n) is 9.13. The first kappa shape index (κ1) is 15.2. The molecule has 0 aliphatic heterocycles. The highest BCUT2D eigenvalue weighted by molar-refractivity contribution is 6.30. The average molecular weight is 263 g/mol. The minimum absolute atomic E-state index is 0. The fraction of sp³-hybridized carbons (Fsp3) is 0.364. The lowest BCUT2D eigenvalue weighted by Gasteiger charge is -2.05. The SMILES string of the molecule is CNCCC(=O)NCc1cccc(Cl)c1.Cl.